The highest BCUT2D eigenvalue weighted by atomic mass is 32.1. The van der Waals surface area contributed by atoms with E-state index >= 15 is 0 Å². The van der Waals surface area contributed by atoms with E-state index in [4.69, 9.17) is 4.74 Å². The highest BCUT2D eigenvalue weighted by molar-refractivity contribution is 7.11. The van der Waals surface area contributed by atoms with Crippen LogP contribution in [0.1, 0.15) is 45.2 Å². The molecule has 148 valence electrons. The lowest BCUT2D eigenvalue weighted by Crippen LogP contribution is -2.42. The van der Waals surface area contributed by atoms with E-state index in [0.717, 1.165) is 12.1 Å². The molecule has 8 heteroatoms. The van der Waals surface area contributed by atoms with Crippen molar-refractivity contribution < 1.29 is 18.3 Å². The van der Waals surface area contributed by atoms with Crippen molar-refractivity contribution in [3.63, 3.8) is 0 Å². The Balaban J connectivity index is 2.18. The number of amidine groups is 1. The number of ether oxygens (including phenoxy) is 1. The molecule has 2 aromatic rings. The fraction of sp³-hybridized carbons (Fsp3) is 0.350. The minimum atomic E-state index is -1.28. The number of hydrogen-bond acceptors (Lipinski definition) is 6. The largest absolute Gasteiger partial charge is 0.456 e. The second-order valence-corrected chi connectivity index (χ2v) is 8.52. The first kappa shape index (κ1) is 20.1. The van der Waals surface area contributed by atoms with Crippen molar-refractivity contribution in [1.82, 2.24) is 10.3 Å². The lowest BCUT2D eigenvalue weighted by molar-refractivity contribution is -0.150. The fourth-order valence-electron chi connectivity index (χ4n) is 3.04. The molecule has 1 N–H and O–H groups in total. The van der Waals surface area contributed by atoms with Gasteiger partial charge in [-0.3, -0.25) is 0 Å². The molecule has 5 nitrogen and oxygen atoms in total. The predicted molar refractivity (Wildman–Crippen MR) is 104 cm³/mol. The van der Waals surface area contributed by atoms with E-state index in [1.165, 1.54) is 17.4 Å². The minimum absolute atomic E-state index is 0.230. The molecule has 0 aliphatic carbocycles. The highest BCUT2D eigenvalue weighted by Gasteiger charge is 2.42. The van der Waals surface area contributed by atoms with Gasteiger partial charge in [-0.15, -0.1) is 11.3 Å². The van der Waals surface area contributed by atoms with Crippen LogP contribution < -0.4 is 5.32 Å². The van der Waals surface area contributed by atoms with Crippen molar-refractivity contribution in [3.8, 4) is 0 Å². The third-order valence-electron chi connectivity index (χ3n) is 4.22. The van der Waals surface area contributed by atoms with E-state index in [1.54, 1.807) is 46.2 Å². The Kier molecular flexibility index (Phi) is 5.10. The highest BCUT2D eigenvalue weighted by Crippen LogP contribution is 2.39. The molecule has 1 aromatic heterocycles. The number of aromatic nitrogens is 1. The second kappa shape index (κ2) is 7.09. The number of carbonyl (C=O) groups is 1. The molecule has 0 radical (unpaired) electrons. The van der Waals surface area contributed by atoms with E-state index in [0.29, 0.717) is 22.1 Å². The lowest BCUT2D eigenvalue weighted by atomic mass is 9.82. The average Bonchev–Trinajstić information content (AvgIpc) is 3.09. The second-order valence-electron chi connectivity index (χ2n) is 7.63. The summed E-state index contributed by atoms with van der Waals surface area (Å²) < 4.78 is 33.1. The number of aliphatic imine (C=N–C) groups is 1. The summed E-state index contributed by atoms with van der Waals surface area (Å²) in [5, 5.41) is 5.52. The Labute approximate surface area is 166 Å². The molecular weight excluding hydrogens is 384 g/mol. The van der Waals surface area contributed by atoms with Gasteiger partial charge in [0.15, 0.2) is 22.5 Å². The number of benzene rings is 1. The van der Waals surface area contributed by atoms with Crippen molar-refractivity contribution in [1.29, 1.82) is 0 Å². The quantitative estimate of drug-likeness (QED) is 0.774. The van der Waals surface area contributed by atoms with Gasteiger partial charge in [0.05, 0.1) is 5.57 Å². The van der Waals surface area contributed by atoms with Crippen molar-refractivity contribution in [3.05, 3.63) is 63.3 Å². The first-order chi connectivity index (χ1) is 13.0. The van der Waals surface area contributed by atoms with Gasteiger partial charge in [-0.25, -0.2) is 23.6 Å². The van der Waals surface area contributed by atoms with Gasteiger partial charge >= 0.3 is 5.97 Å². The Morgan fingerprint density at radius 3 is 2.54 bits per heavy atom. The number of hydrogen-bond donors (Lipinski definition) is 1. The summed E-state index contributed by atoms with van der Waals surface area (Å²) in [7, 11) is 0. The molecule has 1 aliphatic heterocycles. The average molecular weight is 405 g/mol. The Morgan fingerprint density at radius 2 is 1.96 bits per heavy atom. The molecule has 2 heterocycles. The predicted octanol–water partition coefficient (Wildman–Crippen LogP) is 4.30. The van der Waals surface area contributed by atoms with Gasteiger partial charge in [-0.2, -0.15) is 0 Å². The molecule has 0 saturated heterocycles. The van der Waals surface area contributed by atoms with Gasteiger partial charge in [0.1, 0.15) is 11.1 Å². The molecular formula is C20H21F2N3O2S. The molecule has 1 unspecified atom stereocenters. The van der Waals surface area contributed by atoms with Crippen LogP contribution in [0.15, 0.2) is 46.0 Å². The van der Waals surface area contributed by atoms with Crippen LogP contribution in [0.25, 0.3) is 0 Å². The number of allylic oxidation sites excluding steroid dienone is 1. The lowest BCUT2D eigenvalue weighted by Gasteiger charge is -2.35. The van der Waals surface area contributed by atoms with Crippen LogP contribution in [0.4, 0.5) is 8.78 Å². The summed E-state index contributed by atoms with van der Waals surface area (Å²) in [5.74, 6) is -2.10. The smallest absolute Gasteiger partial charge is 0.339 e. The van der Waals surface area contributed by atoms with Gasteiger partial charge in [-0.05, 0) is 52.3 Å². The topological polar surface area (TPSA) is 63.6 Å². The maximum atomic E-state index is 14.0. The van der Waals surface area contributed by atoms with Gasteiger partial charge in [-0.1, -0.05) is 6.07 Å². The van der Waals surface area contributed by atoms with Gasteiger partial charge < -0.3 is 10.1 Å². The molecule has 1 atom stereocenters. The minimum Gasteiger partial charge on any atom is -0.456 e. The molecule has 1 aliphatic rings. The Bertz CT molecular complexity index is 978. The number of nitrogens with one attached hydrogen (secondary N) is 1. The molecule has 28 heavy (non-hydrogen) atoms. The number of thiazole rings is 1. The third kappa shape index (κ3) is 3.82. The van der Waals surface area contributed by atoms with Gasteiger partial charge in [0.25, 0.3) is 0 Å². The zero-order valence-electron chi connectivity index (χ0n) is 16.3. The van der Waals surface area contributed by atoms with Gasteiger partial charge in [0.2, 0.25) is 0 Å². The zero-order valence-corrected chi connectivity index (χ0v) is 17.1. The molecule has 0 fully saturated rings. The van der Waals surface area contributed by atoms with Crippen LogP contribution in [0.2, 0.25) is 0 Å². The van der Waals surface area contributed by atoms with Crippen LogP contribution in [0.3, 0.4) is 0 Å². The molecule has 0 spiro atoms. The first-order valence-corrected chi connectivity index (χ1v) is 9.56. The van der Waals surface area contributed by atoms with E-state index in [2.05, 4.69) is 15.3 Å². The number of carbonyl (C=O) groups excluding carboxylic acids is 1. The molecule has 3 rings (SSSR count). The third-order valence-corrected chi connectivity index (χ3v) is 5.00. The Morgan fingerprint density at radius 1 is 1.25 bits per heavy atom. The molecule has 0 amide bonds. The van der Waals surface area contributed by atoms with Crippen LogP contribution in [-0.4, -0.2) is 22.4 Å². The summed E-state index contributed by atoms with van der Waals surface area (Å²) in [6.07, 6.45) is 1.64. The van der Waals surface area contributed by atoms with Crippen LogP contribution in [0, 0.1) is 11.6 Å². The standard InChI is InChI=1S/C20H21F2N3O2S/c1-11-15(18(26)27-19(2,3)4)20(5,12-6-7-13(21)14(22)10-12)25-16(24-11)17-23-8-9-28-17/h6-10H,1-5H3,(H,24,25). The van der Waals surface area contributed by atoms with Crippen molar-refractivity contribution in [2.24, 2.45) is 4.99 Å². The summed E-state index contributed by atoms with van der Waals surface area (Å²) in [4.78, 5) is 21.9. The fourth-order valence-corrected chi connectivity index (χ4v) is 3.62. The number of esters is 1. The van der Waals surface area contributed by atoms with E-state index in [9.17, 15) is 13.6 Å². The molecule has 1 aromatic carbocycles. The van der Waals surface area contributed by atoms with Crippen molar-refractivity contribution >= 4 is 23.1 Å². The maximum Gasteiger partial charge on any atom is 0.339 e. The van der Waals surface area contributed by atoms with E-state index in [1.807, 2.05) is 0 Å². The SMILES string of the molecule is CC1=C(C(=O)OC(C)(C)C)C(C)(c2ccc(F)c(F)c2)N=C(c2nccs2)N1. The summed E-state index contributed by atoms with van der Waals surface area (Å²) in [6, 6.07) is 3.50. The number of rotatable bonds is 3. The summed E-state index contributed by atoms with van der Waals surface area (Å²) in [6.45, 7) is 8.68. The number of halogens is 2. The molecule has 0 saturated carbocycles. The monoisotopic (exact) mass is 405 g/mol. The number of nitrogens with zero attached hydrogens (tertiary/aromatic N) is 2. The van der Waals surface area contributed by atoms with Crippen LogP contribution in [0.5, 0.6) is 0 Å². The normalized spacial score (nSPS) is 19.9. The van der Waals surface area contributed by atoms with Crippen molar-refractivity contribution in [2.75, 3.05) is 0 Å². The zero-order chi connectivity index (χ0) is 20.7. The summed E-state index contributed by atoms with van der Waals surface area (Å²) >= 11 is 1.38. The van der Waals surface area contributed by atoms with Crippen LogP contribution in [-0.2, 0) is 15.1 Å². The summed E-state index contributed by atoms with van der Waals surface area (Å²) in [5.41, 5.74) is -0.927. The molecule has 0 bridgehead atoms. The van der Waals surface area contributed by atoms with Gasteiger partial charge in [0, 0.05) is 17.3 Å². The Hall–Kier alpha value is -2.61. The maximum absolute atomic E-state index is 14.0. The first-order valence-electron chi connectivity index (χ1n) is 8.68. The van der Waals surface area contributed by atoms with E-state index in [-0.39, 0.29) is 5.57 Å². The van der Waals surface area contributed by atoms with Crippen LogP contribution >= 0.6 is 11.3 Å². The van der Waals surface area contributed by atoms with E-state index < -0.39 is 28.7 Å². The van der Waals surface area contributed by atoms with Crippen molar-refractivity contribution in [2.45, 2.75) is 45.8 Å².